The van der Waals surface area contributed by atoms with Gasteiger partial charge in [0.05, 0.1) is 53.2 Å². The summed E-state index contributed by atoms with van der Waals surface area (Å²) in [6.45, 7) is 0.753. The third kappa shape index (κ3) is 9.68. The van der Waals surface area contributed by atoms with Crippen molar-refractivity contribution >= 4 is 11.9 Å². The fourth-order valence-corrected chi connectivity index (χ4v) is 1.39. The van der Waals surface area contributed by atoms with Crippen LogP contribution in [0.2, 0.25) is 0 Å². The molecule has 8 nitrogen and oxygen atoms in total. The minimum atomic E-state index is -0.832. The van der Waals surface area contributed by atoms with Crippen LogP contribution in [0.3, 0.4) is 0 Å². The van der Waals surface area contributed by atoms with Gasteiger partial charge in [-0.1, -0.05) is 0 Å². The minimum absolute atomic E-state index is 0.0855. The first-order valence-corrected chi connectivity index (χ1v) is 6.14. The molecule has 1 N–H and O–H groups in total. The maximum atomic E-state index is 11.2. The lowest BCUT2D eigenvalue weighted by Gasteiger charge is -2.22. The van der Waals surface area contributed by atoms with Gasteiger partial charge in [-0.25, -0.2) is 0 Å². The summed E-state index contributed by atoms with van der Waals surface area (Å²) >= 11 is 0. The van der Waals surface area contributed by atoms with Gasteiger partial charge in [0, 0.05) is 13.7 Å². The van der Waals surface area contributed by atoms with Crippen LogP contribution in [-0.4, -0.2) is 88.8 Å². The van der Waals surface area contributed by atoms with Crippen molar-refractivity contribution in [3.8, 4) is 0 Å². The van der Waals surface area contributed by atoms with Crippen molar-refractivity contribution < 1.29 is 33.6 Å². The van der Waals surface area contributed by atoms with Crippen LogP contribution in [0, 0.1) is 0 Å². The second-order valence-corrected chi connectivity index (χ2v) is 4.04. The monoisotopic (exact) mass is 293 g/mol. The molecule has 0 heterocycles. The highest BCUT2D eigenvalue weighted by atomic mass is 16.5. The zero-order valence-electron chi connectivity index (χ0n) is 12.2. The number of nitrogens with zero attached hydrogens (tertiary/aromatic N) is 1. The highest BCUT2D eigenvalue weighted by Gasteiger charge is 2.18. The largest absolute Gasteiger partial charge is 0.468 e. The number of carbonyl (C=O) groups is 2. The van der Waals surface area contributed by atoms with Gasteiger partial charge in [0.1, 0.15) is 0 Å². The van der Waals surface area contributed by atoms with E-state index in [1.165, 1.54) is 19.1 Å². The second kappa shape index (κ2) is 11.6. The normalized spacial score (nSPS) is 12.2. The van der Waals surface area contributed by atoms with Gasteiger partial charge in [0.2, 0.25) is 0 Å². The van der Waals surface area contributed by atoms with Crippen molar-refractivity contribution in [2.45, 2.75) is 6.10 Å². The van der Waals surface area contributed by atoms with E-state index in [0.29, 0.717) is 13.2 Å². The molecule has 0 aromatic heterocycles. The smallest absolute Gasteiger partial charge is 0.319 e. The highest BCUT2D eigenvalue weighted by molar-refractivity contribution is 5.74. The van der Waals surface area contributed by atoms with Gasteiger partial charge in [-0.3, -0.25) is 14.5 Å². The van der Waals surface area contributed by atoms with E-state index in [4.69, 9.17) is 9.47 Å². The summed E-state index contributed by atoms with van der Waals surface area (Å²) in [6.07, 6.45) is -0.832. The summed E-state index contributed by atoms with van der Waals surface area (Å²) in [5, 5.41) is 9.78. The number of hydrogen-bond acceptors (Lipinski definition) is 8. The number of hydrogen-bond donors (Lipinski definition) is 1. The molecule has 0 spiro atoms. The third-order valence-electron chi connectivity index (χ3n) is 2.37. The molecule has 118 valence electrons. The lowest BCUT2D eigenvalue weighted by atomic mass is 10.3. The van der Waals surface area contributed by atoms with Crippen LogP contribution in [0.25, 0.3) is 0 Å². The standard InChI is InChI=1S/C12H23NO7/c1-17-4-5-20-9-10(14)6-13(7-11(15)18-2)8-12(16)19-3/h10,14H,4-9H2,1-3H3. The van der Waals surface area contributed by atoms with Gasteiger partial charge in [0.15, 0.2) is 0 Å². The Labute approximate surface area is 118 Å². The Kier molecular flexibility index (Phi) is 10.9. The fraction of sp³-hybridized carbons (Fsp3) is 0.833. The van der Waals surface area contributed by atoms with Crippen LogP contribution in [-0.2, 0) is 28.5 Å². The topological polar surface area (TPSA) is 94.5 Å². The van der Waals surface area contributed by atoms with Crippen LogP contribution in [0.15, 0.2) is 0 Å². The van der Waals surface area contributed by atoms with Crippen molar-refractivity contribution in [1.82, 2.24) is 4.90 Å². The molecule has 0 aliphatic heterocycles. The van der Waals surface area contributed by atoms with E-state index in [9.17, 15) is 14.7 Å². The number of ether oxygens (including phenoxy) is 4. The lowest BCUT2D eigenvalue weighted by molar-refractivity contribution is -0.146. The van der Waals surface area contributed by atoms with Crippen molar-refractivity contribution in [1.29, 1.82) is 0 Å². The van der Waals surface area contributed by atoms with Crippen LogP contribution in [0.4, 0.5) is 0 Å². The quantitative estimate of drug-likeness (QED) is 0.369. The van der Waals surface area contributed by atoms with Crippen LogP contribution in [0.1, 0.15) is 0 Å². The summed E-state index contributed by atoms with van der Waals surface area (Å²) in [7, 11) is 4.06. The lowest BCUT2D eigenvalue weighted by Crippen LogP contribution is -2.41. The maximum Gasteiger partial charge on any atom is 0.319 e. The molecule has 20 heavy (non-hydrogen) atoms. The average Bonchev–Trinajstić information content (AvgIpc) is 2.43. The summed E-state index contributed by atoms with van der Waals surface area (Å²) < 4.78 is 19.0. The molecule has 1 atom stereocenters. The summed E-state index contributed by atoms with van der Waals surface area (Å²) in [6, 6.07) is 0. The molecule has 0 aliphatic carbocycles. The first-order chi connectivity index (χ1) is 9.53. The fourth-order valence-electron chi connectivity index (χ4n) is 1.39. The van der Waals surface area contributed by atoms with E-state index in [2.05, 4.69) is 9.47 Å². The molecular weight excluding hydrogens is 270 g/mol. The van der Waals surface area contributed by atoms with Crippen molar-refractivity contribution in [2.75, 3.05) is 60.8 Å². The number of methoxy groups -OCH3 is 3. The molecule has 0 saturated heterocycles. The van der Waals surface area contributed by atoms with Gasteiger partial charge >= 0.3 is 11.9 Å². The zero-order chi connectivity index (χ0) is 15.4. The number of rotatable bonds is 11. The summed E-state index contributed by atoms with van der Waals surface area (Å²) in [5.74, 6) is -0.997. The van der Waals surface area contributed by atoms with E-state index < -0.39 is 18.0 Å². The molecule has 8 heteroatoms. The number of carbonyl (C=O) groups excluding carboxylic acids is 2. The predicted octanol–water partition coefficient (Wildman–Crippen LogP) is -1.34. The molecule has 0 aliphatic rings. The Bertz CT molecular complexity index is 267. The van der Waals surface area contributed by atoms with Crippen LogP contribution in [0.5, 0.6) is 0 Å². The van der Waals surface area contributed by atoms with Gasteiger partial charge in [-0.05, 0) is 0 Å². The summed E-state index contributed by atoms with van der Waals surface area (Å²) in [5.41, 5.74) is 0. The van der Waals surface area contributed by atoms with E-state index in [1.807, 2.05) is 0 Å². The SMILES string of the molecule is COCCOCC(O)CN(CC(=O)OC)CC(=O)OC. The Hall–Kier alpha value is -1.22. The first-order valence-electron chi connectivity index (χ1n) is 6.14. The molecule has 0 radical (unpaired) electrons. The number of aliphatic hydroxyl groups is 1. The molecule has 0 rings (SSSR count). The van der Waals surface area contributed by atoms with Gasteiger partial charge in [0.25, 0.3) is 0 Å². The maximum absolute atomic E-state index is 11.2. The first kappa shape index (κ1) is 18.8. The van der Waals surface area contributed by atoms with Crippen molar-refractivity contribution in [2.24, 2.45) is 0 Å². The Balaban J connectivity index is 4.17. The third-order valence-corrected chi connectivity index (χ3v) is 2.37. The average molecular weight is 293 g/mol. The number of aliphatic hydroxyl groups excluding tert-OH is 1. The molecule has 0 fully saturated rings. The molecule has 0 saturated carbocycles. The highest BCUT2D eigenvalue weighted by Crippen LogP contribution is 1.96. The molecule has 0 bridgehead atoms. The van der Waals surface area contributed by atoms with Gasteiger partial charge in [-0.2, -0.15) is 0 Å². The molecular formula is C12H23NO7. The second-order valence-electron chi connectivity index (χ2n) is 4.04. The van der Waals surface area contributed by atoms with Gasteiger partial charge < -0.3 is 24.1 Å². The molecule has 1 unspecified atom stereocenters. The van der Waals surface area contributed by atoms with Crippen molar-refractivity contribution in [3.63, 3.8) is 0 Å². The summed E-state index contributed by atoms with van der Waals surface area (Å²) in [4.78, 5) is 23.9. The number of esters is 2. The zero-order valence-corrected chi connectivity index (χ0v) is 12.2. The van der Waals surface area contributed by atoms with E-state index >= 15 is 0 Å². The predicted molar refractivity (Wildman–Crippen MR) is 69.2 cm³/mol. The molecule has 0 aromatic carbocycles. The van der Waals surface area contributed by atoms with E-state index in [0.717, 1.165) is 0 Å². The van der Waals surface area contributed by atoms with E-state index in [-0.39, 0.29) is 26.2 Å². The van der Waals surface area contributed by atoms with Crippen LogP contribution < -0.4 is 0 Å². The van der Waals surface area contributed by atoms with Crippen LogP contribution >= 0.6 is 0 Å². The minimum Gasteiger partial charge on any atom is -0.468 e. The van der Waals surface area contributed by atoms with E-state index in [1.54, 1.807) is 7.11 Å². The Morgan fingerprint density at radius 1 is 1.05 bits per heavy atom. The molecule has 0 aromatic rings. The van der Waals surface area contributed by atoms with Crippen molar-refractivity contribution in [3.05, 3.63) is 0 Å². The van der Waals surface area contributed by atoms with Gasteiger partial charge in [-0.15, -0.1) is 0 Å². The Morgan fingerprint density at radius 2 is 1.60 bits per heavy atom. The molecule has 0 amide bonds. The Morgan fingerprint density at radius 3 is 2.05 bits per heavy atom.